The third-order valence-corrected chi connectivity index (χ3v) is 3.01. The summed E-state index contributed by atoms with van der Waals surface area (Å²) in [6, 6.07) is 13.8. The number of aromatic carboxylic acids is 1. The van der Waals surface area contributed by atoms with E-state index in [0.717, 1.165) is 10.2 Å². The van der Waals surface area contributed by atoms with Crippen molar-refractivity contribution in [2.24, 2.45) is 0 Å². The van der Waals surface area contributed by atoms with Gasteiger partial charge in [-0.25, -0.2) is 4.79 Å². The van der Waals surface area contributed by atoms with E-state index < -0.39 is 5.97 Å². The largest absolute Gasteiger partial charge is 0.478 e. The Morgan fingerprint density at radius 2 is 1.89 bits per heavy atom. The Balaban J connectivity index is 2.26. The molecule has 0 saturated heterocycles. The molecule has 0 atom stereocenters. The molecule has 0 fully saturated rings. The zero-order valence-corrected chi connectivity index (χ0v) is 11.3. The maximum Gasteiger partial charge on any atom is 0.335 e. The number of carboxylic acid groups (broad SMARTS) is 1. The van der Waals surface area contributed by atoms with Crippen LogP contribution >= 0.6 is 15.9 Å². The first kappa shape index (κ1) is 13.1. The molecule has 94 valence electrons. The highest BCUT2D eigenvalue weighted by atomic mass is 79.9. The Hall–Kier alpha value is -2.32. The molecular weight excluding hydrogens is 308 g/mol. The van der Waals surface area contributed by atoms with Crippen LogP contribution in [-0.4, -0.2) is 11.1 Å². The summed E-state index contributed by atoms with van der Waals surface area (Å²) in [5.41, 5.74) is 2.14. The normalized spacial score (nSPS) is 9.68. The number of hydrogen-bond donors (Lipinski definition) is 2. The number of benzene rings is 2. The predicted octanol–water partition coefficient (Wildman–Crippen LogP) is 3.76. The number of nitrogens with one attached hydrogen (secondary N) is 1. The Bertz CT molecular complexity index is 660. The SMILES string of the molecule is N#Cc1cc(Br)ccc1Nc1ccc(C(=O)O)cc1. The maximum atomic E-state index is 10.7. The van der Waals surface area contributed by atoms with E-state index >= 15 is 0 Å². The van der Waals surface area contributed by atoms with Gasteiger partial charge in [0.15, 0.2) is 0 Å². The Morgan fingerprint density at radius 3 is 2.47 bits per heavy atom. The van der Waals surface area contributed by atoms with Crippen LogP contribution in [0.1, 0.15) is 15.9 Å². The van der Waals surface area contributed by atoms with Crippen molar-refractivity contribution in [2.75, 3.05) is 5.32 Å². The van der Waals surface area contributed by atoms with Gasteiger partial charge in [-0.3, -0.25) is 0 Å². The molecule has 0 aliphatic carbocycles. The van der Waals surface area contributed by atoms with Crippen molar-refractivity contribution < 1.29 is 9.90 Å². The van der Waals surface area contributed by atoms with Gasteiger partial charge in [-0.05, 0) is 42.5 Å². The fraction of sp³-hybridized carbons (Fsp3) is 0. The lowest BCUT2D eigenvalue weighted by Gasteiger charge is -2.08. The van der Waals surface area contributed by atoms with Crippen molar-refractivity contribution in [2.45, 2.75) is 0 Å². The van der Waals surface area contributed by atoms with Gasteiger partial charge >= 0.3 is 5.97 Å². The fourth-order valence-corrected chi connectivity index (χ4v) is 1.93. The number of nitriles is 1. The summed E-state index contributed by atoms with van der Waals surface area (Å²) < 4.78 is 0.829. The van der Waals surface area contributed by atoms with Crippen LogP contribution in [0.25, 0.3) is 0 Å². The van der Waals surface area contributed by atoms with E-state index in [-0.39, 0.29) is 5.56 Å². The summed E-state index contributed by atoms with van der Waals surface area (Å²) in [7, 11) is 0. The summed E-state index contributed by atoms with van der Waals surface area (Å²) >= 11 is 3.30. The van der Waals surface area contributed by atoms with Crippen LogP contribution in [0.3, 0.4) is 0 Å². The minimum Gasteiger partial charge on any atom is -0.478 e. The molecule has 0 saturated carbocycles. The van der Waals surface area contributed by atoms with Crippen LogP contribution in [0.15, 0.2) is 46.9 Å². The number of rotatable bonds is 3. The molecule has 0 aliphatic heterocycles. The maximum absolute atomic E-state index is 10.7. The van der Waals surface area contributed by atoms with E-state index in [9.17, 15) is 4.79 Å². The minimum atomic E-state index is -0.965. The smallest absolute Gasteiger partial charge is 0.335 e. The predicted molar refractivity (Wildman–Crippen MR) is 75.5 cm³/mol. The molecule has 0 spiro atoms. The monoisotopic (exact) mass is 316 g/mol. The van der Waals surface area contributed by atoms with Crippen LogP contribution in [0.4, 0.5) is 11.4 Å². The van der Waals surface area contributed by atoms with Crippen LogP contribution in [-0.2, 0) is 0 Å². The number of nitrogens with zero attached hydrogens (tertiary/aromatic N) is 1. The van der Waals surface area contributed by atoms with E-state index in [1.807, 2.05) is 6.07 Å². The summed E-state index contributed by atoms with van der Waals surface area (Å²) in [5, 5.41) is 20.9. The van der Waals surface area contributed by atoms with Crippen LogP contribution in [0.2, 0.25) is 0 Å². The number of anilines is 2. The standard InChI is InChI=1S/C14H9BrN2O2/c15-11-3-6-13(10(7-11)8-16)17-12-4-1-9(2-5-12)14(18)19/h1-7,17H,(H,18,19). The lowest BCUT2D eigenvalue weighted by Crippen LogP contribution is -1.97. The Kier molecular flexibility index (Phi) is 3.83. The molecular formula is C14H9BrN2O2. The molecule has 0 bridgehead atoms. The van der Waals surface area contributed by atoms with E-state index in [1.165, 1.54) is 12.1 Å². The van der Waals surface area contributed by atoms with Gasteiger partial charge in [0.05, 0.1) is 16.8 Å². The highest BCUT2D eigenvalue weighted by Gasteiger charge is 2.05. The van der Waals surface area contributed by atoms with Gasteiger partial charge in [0, 0.05) is 10.2 Å². The molecule has 5 heteroatoms. The summed E-state index contributed by atoms with van der Waals surface area (Å²) in [6.07, 6.45) is 0. The second-order valence-corrected chi connectivity index (χ2v) is 4.72. The Morgan fingerprint density at radius 1 is 1.21 bits per heavy atom. The highest BCUT2D eigenvalue weighted by Crippen LogP contribution is 2.24. The van der Waals surface area contributed by atoms with Gasteiger partial charge < -0.3 is 10.4 Å². The first-order chi connectivity index (χ1) is 9.10. The number of carboxylic acids is 1. The van der Waals surface area contributed by atoms with Crippen molar-refractivity contribution in [1.82, 2.24) is 0 Å². The zero-order chi connectivity index (χ0) is 13.8. The third-order valence-electron chi connectivity index (χ3n) is 2.51. The molecule has 0 amide bonds. The Labute approximate surface area is 118 Å². The van der Waals surface area contributed by atoms with E-state index in [0.29, 0.717) is 11.3 Å². The zero-order valence-electron chi connectivity index (χ0n) is 9.72. The van der Waals surface area contributed by atoms with Gasteiger partial charge in [-0.1, -0.05) is 15.9 Å². The van der Waals surface area contributed by atoms with Crippen molar-refractivity contribution in [3.63, 3.8) is 0 Å². The van der Waals surface area contributed by atoms with Crippen LogP contribution < -0.4 is 5.32 Å². The van der Waals surface area contributed by atoms with Crippen molar-refractivity contribution in [3.05, 3.63) is 58.1 Å². The fourth-order valence-electron chi connectivity index (χ4n) is 1.57. The quantitative estimate of drug-likeness (QED) is 0.904. The number of hydrogen-bond acceptors (Lipinski definition) is 3. The average Bonchev–Trinajstić information content (AvgIpc) is 2.41. The summed E-state index contributed by atoms with van der Waals surface area (Å²) in [5.74, 6) is -0.965. The second kappa shape index (κ2) is 5.55. The van der Waals surface area contributed by atoms with Gasteiger partial charge in [0.2, 0.25) is 0 Å². The molecule has 2 rings (SSSR count). The lowest BCUT2D eigenvalue weighted by molar-refractivity contribution is 0.0697. The highest BCUT2D eigenvalue weighted by molar-refractivity contribution is 9.10. The van der Waals surface area contributed by atoms with Gasteiger partial charge in [0.25, 0.3) is 0 Å². The molecule has 0 radical (unpaired) electrons. The second-order valence-electron chi connectivity index (χ2n) is 3.81. The molecule has 0 heterocycles. The molecule has 19 heavy (non-hydrogen) atoms. The minimum absolute atomic E-state index is 0.224. The van der Waals surface area contributed by atoms with Crippen molar-refractivity contribution in [1.29, 1.82) is 5.26 Å². The lowest BCUT2D eigenvalue weighted by atomic mass is 10.1. The number of carbonyl (C=O) groups is 1. The third kappa shape index (κ3) is 3.12. The average molecular weight is 317 g/mol. The van der Waals surface area contributed by atoms with Crippen molar-refractivity contribution >= 4 is 33.3 Å². The van der Waals surface area contributed by atoms with E-state index in [4.69, 9.17) is 10.4 Å². The van der Waals surface area contributed by atoms with Crippen LogP contribution in [0.5, 0.6) is 0 Å². The topological polar surface area (TPSA) is 73.1 Å². The molecule has 0 aliphatic rings. The van der Waals surface area contributed by atoms with Gasteiger partial charge in [0.1, 0.15) is 6.07 Å². The van der Waals surface area contributed by atoms with E-state index in [1.54, 1.807) is 24.3 Å². The molecule has 2 aromatic rings. The first-order valence-corrected chi connectivity index (χ1v) is 6.19. The summed E-state index contributed by atoms with van der Waals surface area (Å²) in [4.78, 5) is 10.7. The van der Waals surface area contributed by atoms with Gasteiger partial charge in [-0.2, -0.15) is 5.26 Å². The van der Waals surface area contributed by atoms with Gasteiger partial charge in [-0.15, -0.1) is 0 Å². The molecule has 2 N–H and O–H groups in total. The summed E-state index contributed by atoms with van der Waals surface area (Å²) in [6.45, 7) is 0. The molecule has 2 aromatic carbocycles. The molecule has 4 nitrogen and oxygen atoms in total. The van der Waals surface area contributed by atoms with Crippen molar-refractivity contribution in [3.8, 4) is 6.07 Å². The molecule has 0 aromatic heterocycles. The first-order valence-electron chi connectivity index (χ1n) is 5.40. The van der Waals surface area contributed by atoms with Crippen LogP contribution in [0, 0.1) is 11.3 Å². The molecule has 0 unspecified atom stereocenters. The van der Waals surface area contributed by atoms with E-state index in [2.05, 4.69) is 27.3 Å². The number of halogens is 1.